The van der Waals surface area contributed by atoms with Crippen LogP contribution in [0.2, 0.25) is 0 Å². The van der Waals surface area contributed by atoms with Crippen LogP contribution in [0.4, 0.5) is 5.82 Å². The second kappa shape index (κ2) is 7.07. The number of piperazine rings is 1. The molecule has 8 heteroatoms. The number of carbonyl (C=O) groups excluding carboxylic acids is 2. The molecule has 2 saturated heterocycles. The summed E-state index contributed by atoms with van der Waals surface area (Å²) in [6.45, 7) is 12.5. The lowest BCUT2D eigenvalue weighted by molar-refractivity contribution is -0.137. The molecule has 0 bridgehead atoms. The van der Waals surface area contributed by atoms with Crippen molar-refractivity contribution in [2.45, 2.75) is 52.6 Å². The van der Waals surface area contributed by atoms with Crippen LogP contribution >= 0.6 is 0 Å². The minimum Gasteiger partial charge on any atom is -0.355 e. The number of amides is 2. The van der Waals surface area contributed by atoms with Crippen molar-refractivity contribution in [3.63, 3.8) is 0 Å². The summed E-state index contributed by atoms with van der Waals surface area (Å²) in [4.78, 5) is 39.7. The maximum Gasteiger partial charge on any atom is 0.291 e. The van der Waals surface area contributed by atoms with Crippen molar-refractivity contribution in [2.24, 2.45) is 5.73 Å². The van der Waals surface area contributed by atoms with Crippen LogP contribution in [0.25, 0.3) is 0 Å². The van der Waals surface area contributed by atoms with Gasteiger partial charge in [-0.3, -0.25) is 9.59 Å². The molecule has 1 atom stereocenters. The first kappa shape index (κ1) is 19.5. The Kier molecular flexibility index (Phi) is 5.12. The molecular weight excluding hydrogens is 344 g/mol. The topological polar surface area (TPSA) is 95.7 Å². The molecule has 0 spiro atoms. The van der Waals surface area contributed by atoms with Crippen molar-refractivity contribution in [1.82, 2.24) is 19.8 Å². The molecule has 0 aliphatic carbocycles. The zero-order valence-electron chi connectivity index (χ0n) is 16.9. The number of aryl methyl sites for hydroxylation is 1. The average Bonchev–Trinajstić information content (AvgIpc) is 3.01. The number of aromatic nitrogens is 2. The van der Waals surface area contributed by atoms with E-state index in [4.69, 9.17) is 5.73 Å². The van der Waals surface area contributed by atoms with E-state index in [-0.39, 0.29) is 23.7 Å². The van der Waals surface area contributed by atoms with Gasteiger partial charge in [-0.25, -0.2) is 9.97 Å². The van der Waals surface area contributed by atoms with Crippen LogP contribution in [0, 0.1) is 13.8 Å². The van der Waals surface area contributed by atoms with Gasteiger partial charge in [0.25, 0.3) is 5.91 Å². The summed E-state index contributed by atoms with van der Waals surface area (Å²) in [5.74, 6) is 0.877. The second-order valence-corrected chi connectivity index (χ2v) is 8.29. The summed E-state index contributed by atoms with van der Waals surface area (Å²) in [6.07, 6.45) is 0.924. The summed E-state index contributed by atoms with van der Waals surface area (Å²) < 4.78 is 0. The number of nitrogens with two attached hydrogens (primary N) is 1. The van der Waals surface area contributed by atoms with Crippen molar-refractivity contribution in [3.05, 3.63) is 17.1 Å². The van der Waals surface area contributed by atoms with Crippen LogP contribution in [0.15, 0.2) is 0 Å². The Bertz CT molecular complexity index is 763. The molecular formula is C19H30N6O2. The third-order valence-electron chi connectivity index (χ3n) is 5.65. The molecule has 3 rings (SSSR count). The number of nitrogens with zero attached hydrogens (tertiary/aromatic N) is 5. The van der Waals surface area contributed by atoms with Gasteiger partial charge >= 0.3 is 0 Å². The van der Waals surface area contributed by atoms with E-state index in [1.165, 1.54) is 0 Å². The molecule has 0 unspecified atom stereocenters. The van der Waals surface area contributed by atoms with Crippen molar-refractivity contribution in [2.75, 3.05) is 37.6 Å². The highest BCUT2D eigenvalue weighted by molar-refractivity contribution is 5.91. The van der Waals surface area contributed by atoms with Gasteiger partial charge in [0.05, 0.1) is 5.54 Å². The van der Waals surface area contributed by atoms with Gasteiger partial charge in [-0.1, -0.05) is 0 Å². The minimum atomic E-state index is -0.413. The van der Waals surface area contributed by atoms with Crippen LogP contribution in [-0.2, 0) is 4.79 Å². The first-order valence-corrected chi connectivity index (χ1v) is 9.53. The maximum absolute atomic E-state index is 13.1. The molecule has 148 valence electrons. The minimum absolute atomic E-state index is 0.0298. The number of hydrogen-bond acceptors (Lipinski definition) is 6. The number of carbonyl (C=O) groups is 2. The third kappa shape index (κ3) is 3.76. The fraction of sp³-hybridized carbons (Fsp3) is 0.684. The van der Waals surface area contributed by atoms with Crippen LogP contribution < -0.4 is 10.6 Å². The van der Waals surface area contributed by atoms with Crippen molar-refractivity contribution in [3.8, 4) is 0 Å². The molecule has 1 aromatic rings. The van der Waals surface area contributed by atoms with Gasteiger partial charge in [-0.15, -0.1) is 0 Å². The summed E-state index contributed by atoms with van der Waals surface area (Å²) >= 11 is 0. The Morgan fingerprint density at radius 1 is 1.15 bits per heavy atom. The van der Waals surface area contributed by atoms with E-state index >= 15 is 0 Å². The molecule has 8 nitrogen and oxygen atoms in total. The van der Waals surface area contributed by atoms with E-state index < -0.39 is 5.54 Å². The highest BCUT2D eigenvalue weighted by atomic mass is 16.2. The first-order valence-electron chi connectivity index (χ1n) is 9.53. The molecule has 27 heavy (non-hydrogen) atoms. The fourth-order valence-electron chi connectivity index (χ4n) is 4.05. The van der Waals surface area contributed by atoms with Crippen LogP contribution in [0.1, 0.15) is 49.1 Å². The Morgan fingerprint density at radius 2 is 1.85 bits per heavy atom. The summed E-state index contributed by atoms with van der Waals surface area (Å²) in [6, 6.07) is 0.138. The molecule has 2 amide bonds. The maximum atomic E-state index is 13.1. The summed E-state index contributed by atoms with van der Waals surface area (Å²) in [5, 5.41) is 0. The number of rotatable bonds is 2. The van der Waals surface area contributed by atoms with E-state index in [1.54, 1.807) is 11.8 Å². The van der Waals surface area contributed by atoms with Gasteiger partial charge < -0.3 is 20.4 Å². The Hall–Kier alpha value is -2.22. The Labute approximate surface area is 160 Å². The zero-order valence-corrected chi connectivity index (χ0v) is 16.9. The lowest BCUT2D eigenvalue weighted by Gasteiger charge is -2.46. The van der Waals surface area contributed by atoms with E-state index in [2.05, 4.69) is 14.9 Å². The first-order chi connectivity index (χ1) is 12.6. The lowest BCUT2D eigenvalue weighted by atomic mass is 9.98. The molecule has 3 heterocycles. The predicted molar refractivity (Wildman–Crippen MR) is 104 cm³/mol. The van der Waals surface area contributed by atoms with Crippen molar-refractivity contribution >= 4 is 17.6 Å². The molecule has 2 N–H and O–H groups in total. The van der Waals surface area contributed by atoms with Crippen molar-refractivity contribution in [1.29, 1.82) is 0 Å². The van der Waals surface area contributed by atoms with Crippen LogP contribution in [-0.4, -0.2) is 75.9 Å². The van der Waals surface area contributed by atoms with E-state index in [1.807, 2.05) is 32.6 Å². The molecule has 0 aromatic carbocycles. The van der Waals surface area contributed by atoms with Gasteiger partial charge in [0.15, 0.2) is 0 Å². The summed E-state index contributed by atoms with van der Waals surface area (Å²) in [7, 11) is 0. The van der Waals surface area contributed by atoms with E-state index in [0.717, 1.165) is 36.6 Å². The fourth-order valence-corrected chi connectivity index (χ4v) is 4.05. The van der Waals surface area contributed by atoms with E-state index in [0.29, 0.717) is 19.6 Å². The smallest absolute Gasteiger partial charge is 0.291 e. The molecule has 0 saturated carbocycles. The predicted octanol–water partition coefficient (Wildman–Crippen LogP) is 0.714. The zero-order chi connectivity index (χ0) is 19.9. The number of hydrogen-bond donors (Lipinski definition) is 1. The highest BCUT2D eigenvalue weighted by Crippen LogP contribution is 2.25. The van der Waals surface area contributed by atoms with Gasteiger partial charge in [-0.2, -0.15) is 0 Å². The monoisotopic (exact) mass is 374 g/mol. The van der Waals surface area contributed by atoms with Gasteiger partial charge in [-0.05, 0) is 34.1 Å². The lowest BCUT2D eigenvalue weighted by Crippen LogP contribution is -2.61. The van der Waals surface area contributed by atoms with E-state index in [9.17, 15) is 9.59 Å². The largest absolute Gasteiger partial charge is 0.355 e. The Balaban J connectivity index is 1.85. The quantitative estimate of drug-likeness (QED) is 0.819. The molecule has 0 radical (unpaired) electrons. The third-order valence-corrected chi connectivity index (χ3v) is 5.65. The molecule has 2 fully saturated rings. The normalized spacial score (nSPS) is 22.3. The SMILES string of the molecule is CC(=O)N1CCN(C(=O)c2nc(C)c(C)c(N3CC[C@@H](N)C3)n2)CC1(C)C. The molecule has 2 aliphatic heterocycles. The molecule has 1 aromatic heterocycles. The second-order valence-electron chi connectivity index (χ2n) is 8.29. The van der Waals surface area contributed by atoms with Gasteiger partial charge in [0, 0.05) is 56.9 Å². The standard InChI is InChI=1S/C19H30N6O2/c1-12-13(2)21-16(22-17(12)23-7-6-15(20)10-23)18(27)24-8-9-25(14(3)26)19(4,5)11-24/h15H,6-11,20H2,1-5H3/t15-/m1/s1. The average molecular weight is 374 g/mol. The van der Waals surface area contributed by atoms with Gasteiger partial charge in [0.1, 0.15) is 5.82 Å². The van der Waals surface area contributed by atoms with Crippen LogP contribution in [0.5, 0.6) is 0 Å². The molecule has 2 aliphatic rings. The van der Waals surface area contributed by atoms with Crippen LogP contribution in [0.3, 0.4) is 0 Å². The Morgan fingerprint density at radius 3 is 2.41 bits per heavy atom. The van der Waals surface area contributed by atoms with Gasteiger partial charge in [0.2, 0.25) is 11.7 Å². The van der Waals surface area contributed by atoms with Crippen molar-refractivity contribution < 1.29 is 9.59 Å². The summed E-state index contributed by atoms with van der Waals surface area (Å²) in [5.41, 5.74) is 7.43. The number of anilines is 1. The highest BCUT2D eigenvalue weighted by Gasteiger charge is 2.38.